The Morgan fingerprint density at radius 2 is 2.21 bits per heavy atom. The van der Waals surface area contributed by atoms with Gasteiger partial charge in [0.15, 0.2) is 0 Å². The molecule has 0 bridgehead atoms. The van der Waals surface area contributed by atoms with Crippen LogP contribution in [0.5, 0.6) is 0 Å². The second kappa shape index (κ2) is 5.90. The van der Waals surface area contributed by atoms with Crippen LogP contribution in [0.3, 0.4) is 0 Å². The monoisotopic (exact) mass is 216 g/mol. The highest BCUT2D eigenvalue weighted by Crippen LogP contribution is 2.03. The summed E-state index contributed by atoms with van der Waals surface area (Å²) < 4.78 is 10.4. The number of methoxy groups -OCH3 is 1. The molecule has 0 amide bonds. The van der Waals surface area contributed by atoms with Gasteiger partial charge in [-0.2, -0.15) is 0 Å². The predicted octanol–water partition coefficient (Wildman–Crippen LogP) is 1.68. The molecule has 0 fully saturated rings. The molecule has 1 atom stereocenters. The van der Waals surface area contributed by atoms with Gasteiger partial charge in [-0.25, -0.2) is 4.98 Å². The molecule has 14 heavy (non-hydrogen) atoms. The standard InChI is InChI=1S/C9H13ClN2O2/c1-7(5-13-2)14-6-8-3-12-9(10)4-11-8/h3-4,7H,5-6H2,1-2H3. The van der Waals surface area contributed by atoms with Gasteiger partial charge in [-0.15, -0.1) is 0 Å². The first-order chi connectivity index (χ1) is 6.72. The van der Waals surface area contributed by atoms with Crippen molar-refractivity contribution in [2.75, 3.05) is 13.7 Å². The second-order valence-electron chi connectivity index (χ2n) is 2.91. The maximum absolute atomic E-state index is 5.59. The maximum atomic E-state index is 5.59. The van der Waals surface area contributed by atoms with Crippen molar-refractivity contribution in [3.8, 4) is 0 Å². The van der Waals surface area contributed by atoms with E-state index < -0.39 is 0 Å². The molecule has 0 radical (unpaired) electrons. The van der Waals surface area contributed by atoms with Crippen molar-refractivity contribution in [3.05, 3.63) is 23.2 Å². The summed E-state index contributed by atoms with van der Waals surface area (Å²) in [5, 5.41) is 0.388. The number of ether oxygens (including phenoxy) is 2. The average Bonchev–Trinajstić information content (AvgIpc) is 2.17. The Kier molecular flexibility index (Phi) is 4.79. The van der Waals surface area contributed by atoms with Crippen molar-refractivity contribution >= 4 is 11.6 Å². The summed E-state index contributed by atoms with van der Waals surface area (Å²) in [6.07, 6.45) is 3.15. The van der Waals surface area contributed by atoms with Crippen LogP contribution in [0, 0.1) is 0 Å². The molecule has 1 heterocycles. The van der Waals surface area contributed by atoms with Crippen LogP contribution in [-0.2, 0) is 16.1 Å². The van der Waals surface area contributed by atoms with E-state index >= 15 is 0 Å². The van der Waals surface area contributed by atoms with Crippen LogP contribution in [0.1, 0.15) is 12.6 Å². The Morgan fingerprint density at radius 3 is 2.79 bits per heavy atom. The first-order valence-electron chi connectivity index (χ1n) is 4.29. The Hall–Kier alpha value is -0.710. The largest absolute Gasteiger partial charge is 0.382 e. The number of aromatic nitrogens is 2. The van der Waals surface area contributed by atoms with E-state index in [4.69, 9.17) is 21.1 Å². The van der Waals surface area contributed by atoms with Crippen LogP contribution in [0.25, 0.3) is 0 Å². The number of halogens is 1. The van der Waals surface area contributed by atoms with E-state index in [0.29, 0.717) is 18.4 Å². The van der Waals surface area contributed by atoms with Crippen molar-refractivity contribution in [3.63, 3.8) is 0 Å². The summed E-state index contributed by atoms with van der Waals surface area (Å²) in [6.45, 7) is 2.93. The molecule has 0 aliphatic carbocycles. The lowest BCUT2D eigenvalue weighted by Crippen LogP contribution is -2.14. The quantitative estimate of drug-likeness (QED) is 0.751. The number of hydrogen-bond acceptors (Lipinski definition) is 4. The minimum Gasteiger partial charge on any atom is -0.382 e. The van der Waals surface area contributed by atoms with Crippen LogP contribution in [0.2, 0.25) is 5.15 Å². The minimum absolute atomic E-state index is 0.0532. The van der Waals surface area contributed by atoms with Crippen LogP contribution in [-0.4, -0.2) is 29.8 Å². The molecule has 0 saturated heterocycles. The van der Waals surface area contributed by atoms with E-state index in [2.05, 4.69) is 9.97 Å². The number of hydrogen-bond donors (Lipinski definition) is 0. The molecular formula is C9H13ClN2O2. The molecule has 0 aliphatic rings. The van der Waals surface area contributed by atoms with Crippen molar-refractivity contribution in [1.29, 1.82) is 0 Å². The maximum Gasteiger partial charge on any atom is 0.147 e. The van der Waals surface area contributed by atoms with Crippen molar-refractivity contribution in [1.82, 2.24) is 9.97 Å². The average molecular weight is 217 g/mol. The lowest BCUT2D eigenvalue weighted by atomic mass is 10.4. The highest BCUT2D eigenvalue weighted by atomic mass is 35.5. The predicted molar refractivity (Wildman–Crippen MR) is 53.2 cm³/mol. The van der Waals surface area contributed by atoms with Gasteiger partial charge in [-0.1, -0.05) is 11.6 Å². The SMILES string of the molecule is COCC(C)OCc1cnc(Cl)cn1. The first-order valence-corrected chi connectivity index (χ1v) is 4.67. The molecule has 0 aromatic carbocycles. The van der Waals surface area contributed by atoms with Crippen molar-refractivity contribution < 1.29 is 9.47 Å². The molecule has 0 aliphatic heterocycles. The number of rotatable bonds is 5. The lowest BCUT2D eigenvalue weighted by Gasteiger charge is -2.10. The van der Waals surface area contributed by atoms with Gasteiger partial charge in [0, 0.05) is 7.11 Å². The van der Waals surface area contributed by atoms with Crippen molar-refractivity contribution in [2.24, 2.45) is 0 Å². The summed E-state index contributed by atoms with van der Waals surface area (Å²) >= 11 is 5.59. The third-order valence-corrected chi connectivity index (χ3v) is 1.79. The van der Waals surface area contributed by atoms with Gasteiger partial charge in [0.1, 0.15) is 5.15 Å². The fourth-order valence-corrected chi connectivity index (χ4v) is 1.02. The number of nitrogens with zero attached hydrogens (tertiary/aromatic N) is 2. The van der Waals surface area contributed by atoms with Gasteiger partial charge in [-0.05, 0) is 6.92 Å². The molecule has 0 N–H and O–H groups in total. The highest BCUT2D eigenvalue weighted by Gasteiger charge is 2.02. The smallest absolute Gasteiger partial charge is 0.147 e. The highest BCUT2D eigenvalue weighted by molar-refractivity contribution is 6.29. The minimum atomic E-state index is 0.0532. The summed E-state index contributed by atoms with van der Waals surface area (Å²) in [7, 11) is 1.64. The normalized spacial score (nSPS) is 12.8. The Bertz CT molecular complexity index is 266. The molecule has 1 aromatic heterocycles. The molecular weight excluding hydrogens is 204 g/mol. The van der Waals surface area contributed by atoms with E-state index in [9.17, 15) is 0 Å². The van der Waals surface area contributed by atoms with E-state index in [1.165, 1.54) is 6.20 Å². The fraction of sp³-hybridized carbons (Fsp3) is 0.556. The summed E-state index contributed by atoms with van der Waals surface area (Å²) in [4.78, 5) is 7.94. The molecule has 0 saturated carbocycles. The zero-order chi connectivity index (χ0) is 10.4. The lowest BCUT2D eigenvalue weighted by molar-refractivity contribution is -0.00147. The third kappa shape index (κ3) is 4.00. The topological polar surface area (TPSA) is 44.2 Å². The molecule has 0 spiro atoms. The fourth-order valence-electron chi connectivity index (χ4n) is 0.924. The molecule has 1 aromatic rings. The van der Waals surface area contributed by atoms with E-state index in [1.807, 2.05) is 6.92 Å². The molecule has 1 rings (SSSR count). The van der Waals surface area contributed by atoms with Crippen LogP contribution >= 0.6 is 11.6 Å². The van der Waals surface area contributed by atoms with Gasteiger partial charge >= 0.3 is 0 Å². The molecule has 1 unspecified atom stereocenters. The van der Waals surface area contributed by atoms with Gasteiger partial charge in [-0.3, -0.25) is 4.98 Å². The zero-order valence-electron chi connectivity index (χ0n) is 8.24. The molecule has 5 heteroatoms. The van der Waals surface area contributed by atoms with Gasteiger partial charge < -0.3 is 9.47 Å². The van der Waals surface area contributed by atoms with Gasteiger partial charge in [0.25, 0.3) is 0 Å². The zero-order valence-corrected chi connectivity index (χ0v) is 8.99. The second-order valence-corrected chi connectivity index (χ2v) is 3.29. The van der Waals surface area contributed by atoms with Crippen LogP contribution in [0.4, 0.5) is 0 Å². The Balaban J connectivity index is 2.34. The first kappa shape index (κ1) is 11.4. The summed E-state index contributed by atoms with van der Waals surface area (Å²) in [6, 6.07) is 0. The third-order valence-electron chi connectivity index (χ3n) is 1.59. The summed E-state index contributed by atoms with van der Waals surface area (Å²) in [5.41, 5.74) is 0.761. The van der Waals surface area contributed by atoms with E-state index in [-0.39, 0.29) is 6.10 Å². The molecule has 78 valence electrons. The van der Waals surface area contributed by atoms with Crippen LogP contribution in [0.15, 0.2) is 12.4 Å². The van der Waals surface area contributed by atoms with Crippen molar-refractivity contribution in [2.45, 2.75) is 19.6 Å². The molecule has 4 nitrogen and oxygen atoms in total. The van der Waals surface area contributed by atoms with Crippen LogP contribution < -0.4 is 0 Å². The van der Waals surface area contributed by atoms with Gasteiger partial charge in [0.05, 0.1) is 37.4 Å². The van der Waals surface area contributed by atoms with Gasteiger partial charge in [0.2, 0.25) is 0 Å². The van der Waals surface area contributed by atoms with E-state index in [0.717, 1.165) is 5.69 Å². The van der Waals surface area contributed by atoms with E-state index in [1.54, 1.807) is 13.3 Å². The summed E-state index contributed by atoms with van der Waals surface area (Å²) in [5.74, 6) is 0. The Labute approximate surface area is 88.2 Å². The Morgan fingerprint density at radius 1 is 1.43 bits per heavy atom.